The zero-order chi connectivity index (χ0) is 38.6. The third-order valence-corrected chi connectivity index (χ3v) is 21.0. The van der Waals surface area contributed by atoms with Crippen molar-refractivity contribution in [3.63, 3.8) is 0 Å². The molecule has 0 aromatic carbocycles. The Kier molecular flexibility index (Phi) is 11.0. The molecule has 1 saturated carbocycles. The molecule has 0 radical (unpaired) electrons. The smallest absolute Gasteiger partial charge is 0.0422 e. The van der Waals surface area contributed by atoms with E-state index >= 15 is 0 Å². The molecule has 0 amide bonds. The van der Waals surface area contributed by atoms with Crippen molar-refractivity contribution in [3.8, 4) is 0 Å². The van der Waals surface area contributed by atoms with Gasteiger partial charge in [0.15, 0.2) is 0 Å². The minimum atomic E-state index is -0.114. The third kappa shape index (κ3) is 5.70. The summed E-state index contributed by atoms with van der Waals surface area (Å²) in [7, 11) is 0. The van der Waals surface area contributed by atoms with E-state index in [0.29, 0.717) is 12.0 Å². The van der Waals surface area contributed by atoms with Crippen LogP contribution in [0.2, 0.25) is 0 Å². The van der Waals surface area contributed by atoms with Crippen LogP contribution in [0.5, 0.6) is 0 Å². The molecule has 280 valence electrons. The third-order valence-electron chi connectivity index (χ3n) is 21.0. The number of rotatable bonds is 12. The Balaban J connectivity index is 3.72. The van der Waals surface area contributed by atoms with Crippen LogP contribution in [0.25, 0.3) is 0 Å². The lowest BCUT2D eigenvalue weighted by atomic mass is 9.33. The van der Waals surface area contributed by atoms with E-state index in [0.717, 1.165) is 6.42 Å². The molecule has 3 atom stereocenters. The zero-order valence-electron chi connectivity index (χ0n) is 38.1. The van der Waals surface area contributed by atoms with Gasteiger partial charge < -0.3 is 5.32 Å². The van der Waals surface area contributed by atoms with Crippen molar-refractivity contribution >= 4 is 0 Å². The topological polar surface area (TPSA) is 12.0 Å². The summed E-state index contributed by atoms with van der Waals surface area (Å²) in [5.74, 6) is 0.448. The van der Waals surface area contributed by atoms with Crippen LogP contribution in [0, 0.1) is 70.9 Å². The van der Waals surface area contributed by atoms with Crippen molar-refractivity contribution in [1.82, 2.24) is 5.32 Å². The molecule has 1 nitrogen and oxygen atoms in total. The van der Waals surface area contributed by atoms with Crippen molar-refractivity contribution in [2.75, 3.05) is 0 Å². The normalized spacial score (nSPS) is 24.0. The highest BCUT2D eigenvalue weighted by molar-refractivity contribution is 5.31. The van der Waals surface area contributed by atoms with Gasteiger partial charge in [-0.15, -0.1) is 0 Å². The lowest BCUT2D eigenvalue weighted by Crippen LogP contribution is -2.66. The van der Waals surface area contributed by atoms with E-state index in [2.05, 4.69) is 206 Å². The molecule has 0 bridgehead atoms. The number of hydrogen-bond donors (Lipinski definition) is 1. The fourth-order valence-electron chi connectivity index (χ4n) is 10.4. The van der Waals surface area contributed by atoms with Crippen molar-refractivity contribution in [3.05, 3.63) is 12.2 Å². The van der Waals surface area contributed by atoms with Gasteiger partial charge >= 0.3 is 0 Å². The van der Waals surface area contributed by atoms with Gasteiger partial charge in [0.25, 0.3) is 0 Å². The summed E-state index contributed by atoms with van der Waals surface area (Å²) in [4.78, 5) is 0. The van der Waals surface area contributed by atoms with Crippen LogP contribution in [0.4, 0.5) is 0 Å². The van der Waals surface area contributed by atoms with E-state index in [-0.39, 0.29) is 70.5 Å². The second-order valence-electron chi connectivity index (χ2n) is 24.2. The highest BCUT2D eigenvalue weighted by Gasteiger charge is 2.67. The van der Waals surface area contributed by atoms with Crippen LogP contribution in [0.3, 0.4) is 0 Å². The number of nitrogens with one attached hydrogen (secondary N) is 1. The van der Waals surface area contributed by atoms with Crippen LogP contribution in [-0.4, -0.2) is 11.6 Å². The summed E-state index contributed by atoms with van der Waals surface area (Å²) in [5.41, 5.74) is 2.10. The number of hydrogen-bond acceptors (Lipinski definition) is 1. The summed E-state index contributed by atoms with van der Waals surface area (Å²) in [6.07, 6.45) is 1.07. The quantitative estimate of drug-likeness (QED) is 0.206. The molecule has 1 aliphatic rings. The summed E-state index contributed by atoms with van der Waals surface area (Å²) >= 11 is 0. The second kappa shape index (κ2) is 11.6. The van der Waals surface area contributed by atoms with Gasteiger partial charge in [-0.25, -0.2) is 0 Å². The van der Waals surface area contributed by atoms with E-state index in [4.69, 9.17) is 0 Å². The summed E-state index contributed by atoms with van der Waals surface area (Å²) in [6.45, 7) is 75.4. The van der Waals surface area contributed by atoms with Gasteiger partial charge in [-0.05, 0) is 91.2 Å². The highest BCUT2D eigenvalue weighted by atomic mass is 15.1. The van der Waals surface area contributed by atoms with Crippen LogP contribution in [0.1, 0.15) is 200 Å². The molecule has 0 saturated heterocycles. The van der Waals surface area contributed by atoms with Gasteiger partial charge in [-0.3, -0.25) is 0 Å². The van der Waals surface area contributed by atoms with Crippen molar-refractivity contribution < 1.29 is 0 Å². The van der Waals surface area contributed by atoms with Crippen molar-refractivity contribution in [2.24, 2.45) is 70.9 Å². The van der Waals surface area contributed by atoms with E-state index < -0.39 is 0 Å². The Labute approximate surface area is 299 Å². The van der Waals surface area contributed by atoms with Gasteiger partial charge in [-0.1, -0.05) is 192 Å². The maximum absolute atomic E-state index is 4.65. The van der Waals surface area contributed by atoms with Gasteiger partial charge in [0, 0.05) is 11.6 Å². The average molecular weight is 658 g/mol. The predicted molar refractivity (Wildman–Crippen MR) is 215 cm³/mol. The first-order valence-electron chi connectivity index (χ1n) is 19.4. The van der Waals surface area contributed by atoms with E-state index in [1.54, 1.807) is 0 Å². The Morgan fingerprint density at radius 3 is 1.09 bits per heavy atom. The predicted octanol–water partition coefficient (Wildman–Crippen LogP) is 14.7. The van der Waals surface area contributed by atoms with Crippen molar-refractivity contribution in [1.29, 1.82) is 0 Å². The maximum atomic E-state index is 4.65. The molecule has 1 heteroatoms. The van der Waals surface area contributed by atoms with Crippen LogP contribution < -0.4 is 5.32 Å². The van der Waals surface area contributed by atoms with Gasteiger partial charge in [0.05, 0.1) is 0 Å². The molecule has 1 N–H and O–H groups in total. The first kappa shape index (κ1) is 44.7. The first-order valence-corrected chi connectivity index (χ1v) is 19.4. The van der Waals surface area contributed by atoms with E-state index in [9.17, 15) is 0 Å². The maximum Gasteiger partial charge on any atom is 0.0422 e. The second-order valence-corrected chi connectivity index (χ2v) is 24.2. The Morgan fingerprint density at radius 1 is 0.511 bits per heavy atom. The standard InChI is InChI=1S/C46H91N/c1-31-30-35(7,8)39(15,16)46(31,29)47-33(3)36(9,10)32(2)37(11,12)40(17,18)42(21,22)44(25,26)45(27,28)43(23,24)41(19,20)38(13,14)34(4,5)6/h32-33,47H,1,30H2,2-29H3. The fourth-order valence-corrected chi connectivity index (χ4v) is 10.4. The lowest BCUT2D eigenvalue weighted by molar-refractivity contribution is -0.229. The molecule has 1 fully saturated rings. The largest absolute Gasteiger partial charge is 0.304 e. The molecule has 0 heterocycles. The molecule has 0 aromatic heterocycles. The molecule has 47 heavy (non-hydrogen) atoms. The summed E-state index contributed by atoms with van der Waals surface area (Å²) < 4.78 is 0. The molecule has 1 aliphatic carbocycles. The van der Waals surface area contributed by atoms with E-state index in [1.165, 1.54) is 5.57 Å². The summed E-state index contributed by atoms with van der Waals surface area (Å²) in [6, 6.07) is 0.314. The monoisotopic (exact) mass is 658 g/mol. The Bertz CT molecular complexity index is 1150. The Hall–Kier alpha value is -0.300. The lowest BCUT2D eigenvalue weighted by Gasteiger charge is -2.71. The highest BCUT2D eigenvalue weighted by Crippen LogP contribution is 2.73. The summed E-state index contributed by atoms with van der Waals surface area (Å²) in [5, 5.41) is 4.25. The SMILES string of the molecule is C=C1CC(C)(C)C(C)(C)C1(C)NC(C)C(C)(C)C(C)C(C)(C)C(C)(C)C(C)(C)C(C)(C)C(C)(C)C(C)(C)C(C)(C)C(C)(C)C(C)(C)C. The van der Waals surface area contributed by atoms with Gasteiger partial charge in [0.1, 0.15) is 0 Å². The molecule has 0 spiro atoms. The van der Waals surface area contributed by atoms with Crippen molar-refractivity contribution in [2.45, 2.75) is 212 Å². The molecule has 0 aromatic rings. The molecular weight excluding hydrogens is 567 g/mol. The van der Waals surface area contributed by atoms with Crippen LogP contribution in [0.15, 0.2) is 12.2 Å². The zero-order valence-corrected chi connectivity index (χ0v) is 38.1. The minimum absolute atomic E-state index is 0.00493. The molecule has 1 rings (SSSR count). The Morgan fingerprint density at radius 2 is 0.809 bits per heavy atom. The molecule has 0 aliphatic heterocycles. The first-order chi connectivity index (χ1) is 19.9. The fraction of sp³-hybridized carbons (Fsp3) is 0.957. The minimum Gasteiger partial charge on any atom is -0.304 e. The van der Waals surface area contributed by atoms with Gasteiger partial charge in [0.2, 0.25) is 0 Å². The van der Waals surface area contributed by atoms with Gasteiger partial charge in [-0.2, -0.15) is 0 Å². The van der Waals surface area contributed by atoms with E-state index in [1.807, 2.05) is 0 Å². The molecular formula is C46H91N. The molecule has 3 unspecified atom stereocenters. The van der Waals surface area contributed by atoms with Crippen LogP contribution in [-0.2, 0) is 0 Å². The average Bonchev–Trinajstić information content (AvgIpc) is 2.96. The van der Waals surface area contributed by atoms with Crippen LogP contribution >= 0.6 is 0 Å².